The Morgan fingerprint density at radius 2 is 2.41 bits per heavy atom. The van der Waals surface area contributed by atoms with Crippen LogP contribution in [0.1, 0.15) is 11.6 Å². The van der Waals surface area contributed by atoms with E-state index in [1.54, 1.807) is 18.5 Å². The fourth-order valence-electron chi connectivity index (χ4n) is 1.35. The maximum absolute atomic E-state index is 10.8. The molecule has 0 radical (unpaired) electrons. The summed E-state index contributed by atoms with van der Waals surface area (Å²) in [6.45, 7) is 1.92. The van der Waals surface area contributed by atoms with Gasteiger partial charge in [0.1, 0.15) is 0 Å². The number of nitrogens with one attached hydrogen (secondary N) is 1. The second-order valence-electron chi connectivity index (χ2n) is 3.35. The SMILES string of the molecule is Cc1nc([N+](=O)[O-])c(NCc2ncon2)n1C. The zero-order valence-corrected chi connectivity index (χ0v) is 9.25. The van der Waals surface area contributed by atoms with Gasteiger partial charge < -0.3 is 20.0 Å². The Kier molecular flexibility index (Phi) is 2.73. The molecule has 0 aliphatic rings. The van der Waals surface area contributed by atoms with Gasteiger partial charge in [0.2, 0.25) is 18.0 Å². The molecule has 0 saturated carbocycles. The summed E-state index contributed by atoms with van der Waals surface area (Å²) in [4.78, 5) is 17.9. The highest BCUT2D eigenvalue weighted by Gasteiger charge is 2.23. The molecular formula is C8H10N6O3. The van der Waals surface area contributed by atoms with Crippen LogP contribution < -0.4 is 5.32 Å². The van der Waals surface area contributed by atoms with Crippen LogP contribution in [-0.2, 0) is 13.6 Å². The van der Waals surface area contributed by atoms with Crippen molar-refractivity contribution in [2.24, 2.45) is 7.05 Å². The van der Waals surface area contributed by atoms with Crippen molar-refractivity contribution in [2.75, 3.05) is 5.32 Å². The lowest BCUT2D eigenvalue weighted by atomic mass is 10.5. The maximum atomic E-state index is 10.8. The fourth-order valence-corrected chi connectivity index (χ4v) is 1.35. The Morgan fingerprint density at radius 3 is 3.00 bits per heavy atom. The van der Waals surface area contributed by atoms with Gasteiger partial charge in [-0.25, -0.2) is 0 Å². The largest absolute Gasteiger partial charge is 0.406 e. The van der Waals surface area contributed by atoms with Crippen LogP contribution in [0.5, 0.6) is 0 Å². The third-order valence-corrected chi connectivity index (χ3v) is 2.29. The van der Waals surface area contributed by atoms with Gasteiger partial charge in [0.15, 0.2) is 5.82 Å². The van der Waals surface area contributed by atoms with Crippen LogP contribution >= 0.6 is 0 Å². The number of hydrogen-bond acceptors (Lipinski definition) is 7. The molecule has 9 heteroatoms. The molecule has 2 heterocycles. The molecule has 0 fully saturated rings. The zero-order valence-electron chi connectivity index (χ0n) is 9.25. The summed E-state index contributed by atoms with van der Waals surface area (Å²) in [5.41, 5.74) is 0. The lowest BCUT2D eigenvalue weighted by Gasteiger charge is -2.03. The molecule has 0 spiro atoms. The number of aromatic nitrogens is 4. The highest BCUT2D eigenvalue weighted by Crippen LogP contribution is 2.23. The van der Waals surface area contributed by atoms with E-state index in [4.69, 9.17) is 0 Å². The number of aryl methyl sites for hydroxylation is 1. The van der Waals surface area contributed by atoms with Gasteiger partial charge in [-0.1, -0.05) is 5.16 Å². The van der Waals surface area contributed by atoms with Crippen LogP contribution in [0.25, 0.3) is 0 Å². The molecule has 2 aromatic rings. The first-order valence-electron chi connectivity index (χ1n) is 4.76. The van der Waals surface area contributed by atoms with Gasteiger partial charge in [0, 0.05) is 14.0 Å². The average Bonchev–Trinajstić information content (AvgIpc) is 2.87. The first-order valence-corrected chi connectivity index (χ1v) is 4.76. The minimum atomic E-state index is -0.536. The summed E-state index contributed by atoms with van der Waals surface area (Å²) in [6.07, 6.45) is 1.19. The summed E-state index contributed by atoms with van der Waals surface area (Å²) < 4.78 is 6.15. The molecule has 0 bridgehead atoms. The topological polar surface area (TPSA) is 112 Å². The normalized spacial score (nSPS) is 10.5. The molecule has 0 aliphatic heterocycles. The minimum absolute atomic E-state index is 0.214. The van der Waals surface area contributed by atoms with Crippen molar-refractivity contribution in [2.45, 2.75) is 13.5 Å². The Labute approximate surface area is 95.6 Å². The van der Waals surface area contributed by atoms with E-state index in [1.165, 1.54) is 6.39 Å². The number of nitrogens with zero attached hydrogens (tertiary/aromatic N) is 5. The van der Waals surface area contributed by atoms with Gasteiger partial charge >= 0.3 is 5.82 Å². The summed E-state index contributed by atoms with van der Waals surface area (Å²) in [7, 11) is 1.69. The third-order valence-electron chi connectivity index (χ3n) is 2.29. The Balaban J connectivity index is 2.22. The number of nitro groups is 1. The second-order valence-corrected chi connectivity index (χ2v) is 3.35. The summed E-state index contributed by atoms with van der Waals surface area (Å²) >= 11 is 0. The minimum Gasteiger partial charge on any atom is -0.358 e. The smallest absolute Gasteiger partial charge is 0.358 e. The highest BCUT2D eigenvalue weighted by atomic mass is 16.6. The van der Waals surface area contributed by atoms with Gasteiger partial charge in [-0.3, -0.25) is 4.57 Å². The van der Waals surface area contributed by atoms with Crippen LogP contribution in [0, 0.1) is 17.0 Å². The van der Waals surface area contributed by atoms with E-state index in [0.29, 0.717) is 17.5 Å². The van der Waals surface area contributed by atoms with Crippen LogP contribution in [0.4, 0.5) is 11.6 Å². The molecule has 1 N–H and O–H groups in total. The van der Waals surface area contributed by atoms with Gasteiger partial charge in [-0.2, -0.15) is 4.98 Å². The Bertz CT molecular complexity index is 532. The quantitative estimate of drug-likeness (QED) is 0.614. The standard InChI is InChI=1S/C8H10N6O3/c1-5-11-8(14(15)16)7(13(5)2)9-3-6-10-4-17-12-6/h4,9H,3H2,1-2H3. The van der Waals surface area contributed by atoms with Crippen LogP contribution in [-0.4, -0.2) is 24.6 Å². The molecule has 0 atom stereocenters. The van der Waals surface area contributed by atoms with E-state index in [2.05, 4.69) is 25.0 Å². The highest BCUT2D eigenvalue weighted by molar-refractivity contribution is 5.53. The number of anilines is 1. The molecule has 0 amide bonds. The van der Waals surface area contributed by atoms with Gasteiger partial charge in [-0.05, 0) is 9.91 Å². The van der Waals surface area contributed by atoms with Crippen molar-refractivity contribution in [1.29, 1.82) is 0 Å². The zero-order chi connectivity index (χ0) is 12.4. The maximum Gasteiger partial charge on any atom is 0.406 e. The summed E-state index contributed by atoms with van der Waals surface area (Å²) in [6, 6.07) is 0. The molecule has 0 aliphatic carbocycles. The van der Waals surface area contributed by atoms with Crippen LogP contribution in [0.15, 0.2) is 10.9 Å². The fraction of sp³-hybridized carbons (Fsp3) is 0.375. The predicted molar refractivity (Wildman–Crippen MR) is 56.2 cm³/mol. The molecule has 0 unspecified atom stereocenters. The lowest BCUT2D eigenvalue weighted by Crippen LogP contribution is -2.07. The lowest BCUT2D eigenvalue weighted by molar-refractivity contribution is -0.388. The molecule has 0 aromatic carbocycles. The van der Waals surface area contributed by atoms with E-state index in [0.717, 1.165) is 0 Å². The monoisotopic (exact) mass is 238 g/mol. The van der Waals surface area contributed by atoms with E-state index >= 15 is 0 Å². The second kappa shape index (κ2) is 4.20. The Hall–Kier alpha value is -2.45. The van der Waals surface area contributed by atoms with Crippen molar-refractivity contribution < 1.29 is 9.45 Å². The van der Waals surface area contributed by atoms with E-state index < -0.39 is 4.92 Å². The van der Waals surface area contributed by atoms with Crippen molar-refractivity contribution in [1.82, 2.24) is 19.7 Å². The number of imidazole rings is 1. The molecule has 9 nitrogen and oxygen atoms in total. The Morgan fingerprint density at radius 1 is 1.65 bits per heavy atom. The van der Waals surface area contributed by atoms with Gasteiger partial charge in [-0.15, -0.1) is 0 Å². The van der Waals surface area contributed by atoms with Crippen molar-refractivity contribution >= 4 is 11.6 Å². The number of rotatable bonds is 4. The van der Waals surface area contributed by atoms with Gasteiger partial charge in [0.05, 0.1) is 6.54 Å². The van der Waals surface area contributed by atoms with E-state index in [1.807, 2.05) is 0 Å². The van der Waals surface area contributed by atoms with Crippen molar-refractivity contribution in [3.63, 3.8) is 0 Å². The average molecular weight is 238 g/mol. The molecule has 2 aromatic heterocycles. The first-order chi connectivity index (χ1) is 8.09. The predicted octanol–water partition coefficient (Wildman–Crippen LogP) is 0.632. The summed E-state index contributed by atoms with van der Waals surface area (Å²) in [5, 5.41) is 17.2. The van der Waals surface area contributed by atoms with Crippen LogP contribution in [0.2, 0.25) is 0 Å². The van der Waals surface area contributed by atoms with Crippen LogP contribution in [0.3, 0.4) is 0 Å². The van der Waals surface area contributed by atoms with Crippen molar-refractivity contribution in [3.8, 4) is 0 Å². The molecule has 0 saturated heterocycles. The number of hydrogen-bond donors (Lipinski definition) is 1. The summed E-state index contributed by atoms with van der Waals surface area (Å²) in [5.74, 6) is 1.07. The third kappa shape index (κ3) is 2.07. The van der Waals surface area contributed by atoms with Gasteiger partial charge in [0.25, 0.3) is 0 Å². The molecular weight excluding hydrogens is 228 g/mol. The molecule has 17 heavy (non-hydrogen) atoms. The van der Waals surface area contributed by atoms with E-state index in [9.17, 15) is 10.1 Å². The van der Waals surface area contributed by atoms with E-state index in [-0.39, 0.29) is 12.4 Å². The first kappa shape index (κ1) is 11.0. The van der Waals surface area contributed by atoms with Crippen molar-refractivity contribution in [3.05, 3.63) is 28.2 Å². The molecule has 90 valence electrons. The molecule has 2 rings (SSSR count).